The lowest BCUT2D eigenvalue weighted by Gasteiger charge is -2.19. The van der Waals surface area contributed by atoms with Crippen LogP contribution in [0.2, 0.25) is 0 Å². The van der Waals surface area contributed by atoms with E-state index in [0.29, 0.717) is 0 Å². The van der Waals surface area contributed by atoms with E-state index in [0.717, 1.165) is 31.8 Å². The summed E-state index contributed by atoms with van der Waals surface area (Å²) in [6, 6.07) is 2.69. The Morgan fingerprint density at radius 1 is 1.32 bits per heavy atom. The normalized spacial score (nSPS) is 17.0. The van der Waals surface area contributed by atoms with E-state index in [4.69, 9.17) is 9.15 Å². The van der Waals surface area contributed by atoms with Crippen molar-refractivity contribution in [2.75, 3.05) is 0 Å². The molecular formula is C17H22N2O6. The number of hydrogen-bond acceptors (Lipinski definition) is 6. The number of hydrogen-bond donors (Lipinski definition) is 1. The number of carbonyl (C=O) groups excluding carboxylic acids is 2. The third-order valence-corrected chi connectivity index (χ3v) is 4.04. The van der Waals surface area contributed by atoms with E-state index in [1.807, 2.05) is 0 Å². The Bertz CT molecular complexity index is 643. The lowest BCUT2D eigenvalue weighted by Crippen LogP contribution is -2.41. The molecule has 0 aliphatic heterocycles. The number of ether oxygens (including phenoxy) is 1. The highest BCUT2D eigenvalue weighted by Crippen LogP contribution is 2.18. The zero-order valence-corrected chi connectivity index (χ0v) is 14.1. The summed E-state index contributed by atoms with van der Waals surface area (Å²) in [6.07, 6.45) is 7.87. The molecule has 0 aromatic carbocycles. The molecule has 1 amide bonds. The van der Waals surface area contributed by atoms with Crippen molar-refractivity contribution < 1.29 is 23.7 Å². The molecule has 8 nitrogen and oxygen atoms in total. The fourth-order valence-corrected chi connectivity index (χ4v) is 2.69. The van der Waals surface area contributed by atoms with Gasteiger partial charge in [-0.2, -0.15) is 0 Å². The Hall–Kier alpha value is -2.64. The van der Waals surface area contributed by atoms with Crippen LogP contribution in [-0.2, 0) is 14.3 Å². The molecule has 25 heavy (non-hydrogen) atoms. The van der Waals surface area contributed by atoms with Crippen molar-refractivity contribution in [2.24, 2.45) is 0 Å². The fourth-order valence-electron chi connectivity index (χ4n) is 2.69. The number of esters is 1. The van der Waals surface area contributed by atoms with Crippen molar-refractivity contribution in [1.29, 1.82) is 0 Å². The van der Waals surface area contributed by atoms with Crippen LogP contribution >= 0.6 is 0 Å². The topological polar surface area (TPSA) is 112 Å². The number of nitrogens with zero attached hydrogens (tertiary/aromatic N) is 1. The van der Waals surface area contributed by atoms with Gasteiger partial charge in [0.1, 0.15) is 10.7 Å². The molecule has 1 aliphatic rings. The lowest BCUT2D eigenvalue weighted by molar-refractivity contribution is -0.402. The van der Waals surface area contributed by atoms with Gasteiger partial charge in [-0.1, -0.05) is 25.7 Å². The molecule has 1 aromatic heterocycles. The van der Waals surface area contributed by atoms with Gasteiger partial charge in [0.05, 0.1) is 6.07 Å². The molecule has 1 aromatic rings. The molecule has 1 fully saturated rings. The summed E-state index contributed by atoms with van der Waals surface area (Å²) < 4.78 is 9.93. The molecule has 2 rings (SSSR count). The number of nitro groups is 1. The molecule has 0 bridgehead atoms. The van der Waals surface area contributed by atoms with Gasteiger partial charge >= 0.3 is 11.9 Å². The SMILES string of the molecule is C[C@H](OC(=O)/C=C/c1ccc([N+](=O)[O-])o1)C(=O)NC1CCCCCC1. The van der Waals surface area contributed by atoms with Crippen LogP contribution in [0.25, 0.3) is 6.08 Å². The monoisotopic (exact) mass is 350 g/mol. The summed E-state index contributed by atoms with van der Waals surface area (Å²) in [6.45, 7) is 1.51. The minimum atomic E-state index is -0.911. The summed E-state index contributed by atoms with van der Waals surface area (Å²) in [5.74, 6) is -1.30. The van der Waals surface area contributed by atoms with Gasteiger partial charge in [0.2, 0.25) is 0 Å². The average molecular weight is 350 g/mol. The first-order chi connectivity index (χ1) is 12.0. The number of carbonyl (C=O) groups is 2. The van der Waals surface area contributed by atoms with Crippen molar-refractivity contribution in [3.8, 4) is 0 Å². The Morgan fingerprint density at radius 2 is 2.00 bits per heavy atom. The number of amides is 1. The van der Waals surface area contributed by atoms with Gasteiger partial charge in [0.15, 0.2) is 6.10 Å². The number of furan rings is 1. The molecule has 136 valence electrons. The van der Waals surface area contributed by atoms with Crippen molar-refractivity contribution in [1.82, 2.24) is 5.32 Å². The summed E-state index contributed by atoms with van der Waals surface area (Å²) >= 11 is 0. The lowest BCUT2D eigenvalue weighted by atomic mass is 10.1. The molecule has 1 saturated carbocycles. The average Bonchev–Trinajstić information content (AvgIpc) is 2.91. The first-order valence-corrected chi connectivity index (χ1v) is 8.39. The highest BCUT2D eigenvalue weighted by molar-refractivity contribution is 5.90. The van der Waals surface area contributed by atoms with Crippen LogP contribution in [0.15, 0.2) is 22.6 Å². The maximum absolute atomic E-state index is 12.1. The van der Waals surface area contributed by atoms with E-state index in [9.17, 15) is 19.7 Å². The molecule has 1 heterocycles. The number of nitrogens with one attached hydrogen (secondary N) is 1. The van der Waals surface area contributed by atoms with Gasteiger partial charge in [-0.3, -0.25) is 14.9 Å². The second-order valence-corrected chi connectivity index (χ2v) is 6.04. The van der Waals surface area contributed by atoms with Crippen LogP contribution in [0.1, 0.15) is 51.2 Å². The van der Waals surface area contributed by atoms with E-state index >= 15 is 0 Å². The molecule has 1 N–H and O–H groups in total. The molecule has 0 spiro atoms. The van der Waals surface area contributed by atoms with Crippen molar-refractivity contribution in [3.05, 3.63) is 34.1 Å². The second kappa shape index (κ2) is 9.00. The zero-order valence-electron chi connectivity index (χ0n) is 14.1. The largest absolute Gasteiger partial charge is 0.449 e. The molecule has 8 heteroatoms. The summed E-state index contributed by atoms with van der Waals surface area (Å²) in [4.78, 5) is 33.7. The van der Waals surface area contributed by atoms with Crippen LogP contribution in [-0.4, -0.2) is 28.9 Å². The third-order valence-electron chi connectivity index (χ3n) is 4.04. The zero-order chi connectivity index (χ0) is 18.2. The minimum absolute atomic E-state index is 0.135. The molecule has 1 aliphatic carbocycles. The van der Waals surface area contributed by atoms with E-state index in [1.165, 1.54) is 38.0 Å². The van der Waals surface area contributed by atoms with E-state index in [-0.39, 0.29) is 17.7 Å². The molecule has 1 atom stereocenters. The highest BCUT2D eigenvalue weighted by atomic mass is 16.6. The van der Waals surface area contributed by atoms with Crippen LogP contribution in [0.4, 0.5) is 5.88 Å². The fraction of sp³-hybridized carbons (Fsp3) is 0.529. The Labute approximate surface area is 145 Å². The van der Waals surface area contributed by atoms with Gasteiger partial charge in [-0.25, -0.2) is 4.79 Å². The maximum atomic E-state index is 12.1. The van der Waals surface area contributed by atoms with Gasteiger partial charge in [-0.05, 0) is 31.9 Å². The predicted molar refractivity (Wildman–Crippen MR) is 89.6 cm³/mol. The van der Waals surface area contributed by atoms with Crippen LogP contribution < -0.4 is 5.32 Å². The van der Waals surface area contributed by atoms with E-state index < -0.39 is 22.9 Å². The van der Waals surface area contributed by atoms with Gasteiger partial charge in [0.25, 0.3) is 5.91 Å². The van der Waals surface area contributed by atoms with Gasteiger partial charge < -0.3 is 14.5 Å². The quantitative estimate of drug-likeness (QED) is 0.277. The summed E-state index contributed by atoms with van der Waals surface area (Å²) in [5, 5.41) is 13.4. The molecular weight excluding hydrogens is 328 g/mol. The minimum Gasteiger partial charge on any atom is -0.449 e. The number of rotatable bonds is 6. The summed E-state index contributed by atoms with van der Waals surface area (Å²) in [5.41, 5.74) is 0. The van der Waals surface area contributed by atoms with E-state index in [1.54, 1.807) is 0 Å². The Balaban J connectivity index is 1.80. The summed E-state index contributed by atoms with van der Waals surface area (Å²) in [7, 11) is 0. The highest BCUT2D eigenvalue weighted by Gasteiger charge is 2.21. The van der Waals surface area contributed by atoms with E-state index in [2.05, 4.69) is 5.32 Å². The molecule has 0 saturated heterocycles. The standard InChI is InChI=1S/C17H22N2O6/c1-12(17(21)18-13-6-4-2-3-5-7-13)24-16(20)11-9-14-8-10-15(25-14)19(22)23/h8-13H,2-7H2,1H3,(H,18,21)/b11-9+/t12-/m0/s1. The Morgan fingerprint density at radius 3 is 2.60 bits per heavy atom. The second-order valence-electron chi connectivity index (χ2n) is 6.04. The van der Waals surface area contributed by atoms with Crippen LogP contribution in [0.3, 0.4) is 0 Å². The Kier molecular flexibility index (Phi) is 6.73. The van der Waals surface area contributed by atoms with Gasteiger partial charge in [-0.15, -0.1) is 0 Å². The predicted octanol–water partition coefficient (Wildman–Crippen LogP) is 2.97. The first-order valence-electron chi connectivity index (χ1n) is 8.39. The maximum Gasteiger partial charge on any atom is 0.433 e. The van der Waals surface area contributed by atoms with Crippen LogP contribution in [0.5, 0.6) is 0 Å². The smallest absolute Gasteiger partial charge is 0.433 e. The van der Waals surface area contributed by atoms with Gasteiger partial charge in [0, 0.05) is 12.1 Å². The van der Waals surface area contributed by atoms with Crippen molar-refractivity contribution >= 4 is 23.8 Å². The molecule has 0 unspecified atom stereocenters. The van der Waals surface area contributed by atoms with Crippen molar-refractivity contribution in [2.45, 2.75) is 57.6 Å². The van der Waals surface area contributed by atoms with Crippen LogP contribution in [0, 0.1) is 10.1 Å². The molecule has 0 radical (unpaired) electrons. The third kappa shape index (κ3) is 6.06. The van der Waals surface area contributed by atoms with Crippen molar-refractivity contribution in [3.63, 3.8) is 0 Å². The first kappa shape index (κ1) is 18.7.